The fourth-order valence-electron chi connectivity index (χ4n) is 3.17. The summed E-state index contributed by atoms with van der Waals surface area (Å²) in [6.07, 6.45) is 6.54. The number of nitrogens with zero attached hydrogens (tertiary/aromatic N) is 2. The van der Waals surface area contributed by atoms with Crippen LogP contribution < -0.4 is 0 Å². The minimum atomic E-state index is -0.615. The van der Waals surface area contributed by atoms with Gasteiger partial charge in [0.1, 0.15) is 5.41 Å². The van der Waals surface area contributed by atoms with Gasteiger partial charge in [0.25, 0.3) is 0 Å². The highest BCUT2D eigenvalue weighted by Gasteiger charge is 2.39. The Morgan fingerprint density at radius 2 is 1.95 bits per heavy atom. The molecule has 0 amide bonds. The first-order valence-corrected chi connectivity index (χ1v) is 8.35. The Labute approximate surface area is 135 Å². The molecular weight excluding hydrogens is 274 g/mol. The molecule has 1 aliphatic heterocycles. The molecule has 22 heavy (non-hydrogen) atoms. The van der Waals surface area contributed by atoms with Crippen LogP contribution in [0.5, 0.6) is 0 Å². The third kappa shape index (κ3) is 4.41. The van der Waals surface area contributed by atoms with Crippen LogP contribution in [-0.4, -0.2) is 43.0 Å². The van der Waals surface area contributed by atoms with Gasteiger partial charge in [-0.15, -0.1) is 0 Å². The lowest BCUT2D eigenvalue weighted by Gasteiger charge is -2.42. The molecule has 2 atom stereocenters. The number of nitrogens with one attached hydrogen (secondary N) is 1. The summed E-state index contributed by atoms with van der Waals surface area (Å²) in [5.74, 6) is 0.406. The summed E-state index contributed by atoms with van der Waals surface area (Å²) in [5, 5.41) is 18.0. The Balaban J connectivity index is 2.76. The lowest BCUT2D eigenvalue weighted by molar-refractivity contribution is 0.00832. The van der Waals surface area contributed by atoms with Crippen LogP contribution in [0, 0.1) is 28.1 Å². The van der Waals surface area contributed by atoms with E-state index in [1.54, 1.807) is 7.11 Å². The summed E-state index contributed by atoms with van der Waals surface area (Å²) in [5.41, 5.74) is -0.146. The fourth-order valence-corrected chi connectivity index (χ4v) is 3.17. The van der Waals surface area contributed by atoms with Crippen molar-refractivity contribution in [2.24, 2.45) is 11.3 Å². The number of likely N-dealkylation sites (tertiary alicyclic amines) is 1. The van der Waals surface area contributed by atoms with Crippen molar-refractivity contribution in [1.29, 1.82) is 10.7 Å². The Bertz CT molecular complexity index is 428. The standard InChI is InChI=1S/C18H31N3O/c1-6-16(15(4)22-5)21-11-9-18(13-19,10-12-21)17(20)8-7-14(2)3/h7-8,14-16,20H,6,9-12H2,1-5H3/b8-7-,20-17?. The van der Waals surface area contributed by atoms with Gasteiger partial charge in [0.2, 0.25) is 0 Å². The average Bonchev–Trinajstić information content (AvgIpc) is 2.53. The van der Waals surface area contributed by atoms with E-state index in [4.69, 9.17) is 10.1 Å². The molecule has 0 aromatic rings. The van der Waals surface area contributed by atoms with Gasteiger partial charge in [-0.3, -0.25) is 4.90 Å². The number of methoxy groups -OCH3 is 1. The molecule has 124 valence electrons. The number of piperidine rings is 1. The van der Waals surface area contributed by atoms with E-state index in [0.29, 0.717) is 17.7 Å². The molecule has 1 saturated heterocycles. The molecule has 0 aliphatic carbocycles. The van der Waals surface area contributed by atoms with E-state index in [9.17, 15) is 5.26 Å². The van der Waals surface area contributed by atoms with E-state index in [2.05, 4.69) is 38.7 Å². The zero-order valence-corrected chi connectivity index (χ0v) is 14.7. The Kier molecular flexibility index (Phi) is 7.25. The summed E-state index contributed by atoms with van der Waals surface area (Å²) >= 11 is 0. The third-order valence-electron chi connectivity index (χ3n) is 4.83. The summed E-state index contributed by atoms with van der Waals surface area (Å²) in [6.45, 7) is 10.2. The Hall–Kier alpha value is -1.18. The molecule has 0 aromatic carbocycles. The molecule has 0 radical (unpaired) electrons. The predicted octanol–water partition coefficient (Wildman–Crippen LogP) is 3.64. The zero-order valence-electron chi connectivity index (χ0n) is 14.7. The smallest absolute Gasteiger partial charge is 0.101 e. The van der Waals surface area contributed by atoms with Gasteiger partial charge >= 0.3 is 0 Å². The molecule has 0 bridgehead atoms. The maximum Gasteiger partial charge on any atom is 0.101 e. The second kappa shape index (κ2) is 8.45. The molecule has 1 aliphatic rings. The van der Waals surface area contributed by atoms with Gasteiger partial charge in [0, 0.05) is 26.2 Å². The van der Waals surface area contributed by atoms with Gasteiger partial charge in [-0.2, -0.15) is 5.26 Å². The van der Waals surface area contributed by atoms with E-state index < -0.39 is 5.41 Å². The van der Waals surface area contributed by atoms with Crippen molar-refractivity contribution in [3.63, 3.8) is 0 Å². The van der Waals surface area contributed by atoms with Crippen LogP contribution >= 0.6 is 0 Å². The molecule has 1 heterocycles. The number of hydrogen-bond acceptors (Lipinski definition) is 4. The summed E-state index contributed by atoms with van der Waals surface area (Å²) < 4.78 is 5.49. The zero-order chi connectivity index (χ0) is 16.8. The maximum atomic E-state index is 9.65. The second-order valence-electron chi connectivity index (χ2n) is 6.66. The first kappa shape index (κ1) is 18.9. The van der Waals surface area contributed by atoms with Crippen LogP contribution in [0.15, 0.2) is 12.2 Å². The fraction of sp³-hybridized carbons (Fsp3) is 0.778. The summed E-state index contributed by atoms with van der Waals surface area (Å²) in [4.78, 5) is 2.42. The average molecular weight is 305 g/mol. The van der Waals surface area contributed by atoms with Crippen LogP contribution in [-0.2, 0) is 4.74 Å². The minimum Gasteiger partial charge on any atom is -0.380 e. The van der Waals surface area contributed by atoms with Gasteiger partial charge in [-0.05, 0) is 38.2 Å². The Morgan fingerprint density at radius 3 is 2.36 bits per heavy atom. The lowest BCUT2D eigenvalue weighted by atomic mass is 9.75. The van der Waals surface area contributed by atoms with Crippen molar-refractivity contribution in [3.8, 4) is 6.07 Å². The number of nitriles is 1. The van der Waals surface area contributed by atoms with Crippen LogP contribution in [0.25, 0.3) is 0 Å². The van der Waals surface area contributed by atoms with E-state index >= 15 is 0 Å². The van der Waals surface area contributed by atoms with Crippen LogP contribution in [0.1, 0.15) is 47.0 Å². The van der Waals surface area contributed by atoms with Crippen molar-refractivity contribution < 1.29 is 4.74 Å². The van der Waals surface area contributed by atoms with Gasteiger partial charge in [0.15, 0.2) is 0 Å². The van der Waals surface area contributed by atoms with Crippen LogP contribution in [0.2, 0.25) is 0 Å². The lowest BCUT2D eigenvalue weighted by Crippen LogP contribution is -2.50. The number of rotatable bonds is 7. The minimum absolute atomic E-state index is 0.194. The highest BCUT2D eigenvalue weighted by atomic mass is 16.5. The van der Waals surface area contributed by atoms with Gasteiger partial charge in [-0.1, -0.05) is 26.8 Å². The second-order valence-corrected chi connectivity index (χ2v) is 6.66. The number of allylic oxidation sites excluding steroid dienone is 2. The van der Waals surface area contributed by atoms with E-state index in [1.807, 2.05) is 12.2 Å². The van der Waals surface area contributed by atoms with E-state index in [1.165, 1.54) is 0 Å². The quantitative estimate of drug-likeness (QED) is 0.731. The molecule has 0 saturated carbocycles. The summed E-state index contributed by atoms with van der Waals surface area (Å²) in [6, 6.07) is 2.82. The third-order valence-corrected chi connectivity index (χ3v) is 4.83. The molecule has 2 unspecified atom stereocenters. The normalized spacial score (nSPS) is 21.7. The molecular formula is C18H31N3O. The number of ether oxygens (including phenoxy) is 1. The molecule has 1 N–H and O–H groups in total. The van der Waals surface area contributed by atoms with Gasteiger partial charge < -0.3 is 10.1 Å². The first-order valence-electron chi connectivity index (χ1n) is 8.35. The van der Waals surface area contributed by atoms with E-state index in [0.717, 1.165) is 32.4 Å². The molecule has 0 spiro atoms. The monoisotopic (exact) mass is 305 g/mol. The highest BCUT2D eigenvalue weighted by molar-refractivity contribution is 5.99. The molecule has 4 heteroatoms. The number of hydrogen-bond donors (Lipinski definition) is 1. The maximum absolute atomic E-state index is 9.65. The SMILES string of the molecule is CCC(C(C)OC)N1CCC(C#N)(C(=N)/C=C\C(C)C)CC1. The largest absolute Gasteiger partial charge is 0.380 e. The first-order chi connectivity index (χ1) is 10.4. The van der Waals surface area contributed by atoms with Gasteiger partial charge in [0.05, 0.1) is 17.9 Å². The summed E-state index contributed by atoms with van der Waals surface area (Å²) in [7, 11) is 1.75. The molecule has 1 fully saturated rings. The van der Waals surface area contributed by atoms with Crippen molar-refractivity contribution in [3.05, 3.63) is 12.2 Å². The van der Waals surface area contributed by atoms with Crippen molar-refractivity contribution in [1.82, 2.24) is 4.90 Å². The molecule has 0 aromatic heterocycles. The molecule has 4 nitrogen and oxygen atoms in total. The van der Waals surface area contributed by atoms with Crippen molar-refractivity contribution in [2.75, 3.05) is 20.2 Å². The predicted molar refractivity (Wildman–Crippen MR) is 91.1 cm³/mol. The van der Waals surface area contributed by atoms with Crippen molar-refractivity contribution in [2.45, 2.75) is 59.1 Å². The molecule has 1 rings (SSSR count). The van der Waals surface area contributed by atoms with Crippen molar-refractivity contribution >= 4 is 5.71 Å². The topological polar surface area (TPSA) is 60.1 Å². The van der Waals surface area contributed by atoms with Crippen LogP contribution in [0.4, 0.5) is 0 Å². The Morgan fingerprint density at radius 1 is 1.36 bits per heavy atom. The van der Waals surface area contributed by atoms with Crippen LogP contribution in [0.3, 0.4) is 0 Å². The highest BCUT2D eigenvalue weighted by Crippen LogP contribution is 2.34. The van der Waals surface area contributed by atoms with E-state index in [-0.39, 0.29) is 6.10 Å². The van der Waals surface area contributed by atoms with Gasteiger partial charge in [-0.25, -0.2) is 0 Å².